The third kappa shape index (κ3) is 5.70. The maximum Gasteiger partial charge on any atom is 0.247 e. The molecule has 0 aliphatic rings. The van der Waals surface area contributed by atoms with Crippen LogP contribution in [-0.4, -0.2) is 74.0 Å². The molecule has 2 N–H and O–H groups in total. The first kappa shape index (κ1) is 26.5. The number of benzene rings is 2. The number of carbonyl (C=O) groups is 1. The summed E-state index contributed by atoms with van der Waals surface area (Å²) in [5, 5.41) is 7.18. The molecule has 0 unspecified atom stereocenters. The van der Waals surface area contributed by atoms with Gasteiger partial charge in [-0.1, -0.05) is 24.8 Å². The van der Waals surface area contributed by atoms with E-state index in [-0.39, 0.29) is 5.91 Å². The van der Waals surface area contributed by atoms with Crippen LogP contribution in [0, 0.1) is 0 Å². The summed E-state index contributed by atoms with van der Waals surface area (Å²) in [7, 11) is 9.23. The van der Waals surface area contributed by atoms with Crippen LogP contribution in [0.4, 0.5) is 23.0 Å². The number of hydrogen-bond acceptors (Lipinski definition) is 8. The van der Waals surface area contributed by atoms with Crippen molar-refractivity contribution in [3.05, 3.63) is 67.5 Å². The molecule has 0 bridgehead atoms. The molecule has 198 valence electrons. The number of methoxy groups -OCH3 is 1. The Kier molecular flexibility index (Phi) is 8.12. The number of rotatable bonds is 11. The van der Waals surface area contributed by atoms with Crippen molar-refractivity contribution in [1.82, 2.24) is 19.6 Å². The van der Waals surface area contributed by atoms with E-state index in [2.05, 4.69) is 32.0 Å². The summed E-state index contributed by atoms with van der Waals surface area (Å²) in [6.07, 6.45) is 4.84. The molecule has 0 fully saturated rings. The largest absolute Gasteiger partial charge is 0.494 e. The minimum absolute atomic E-state index is 0.309. The van der Waals surface area contributed by atoms with Crippen LogP contribution in [-0.2, 0) is 4.79 Å². The summed E-state index contributed by atoms with van der Waals surface area (Å²) >= 11 is 0. The lowest BCUT2D eigenvalue weighted by Gasteiger charge is -2.26. The third-order valence-corrected chi connectivity index (χ3v) is 6.11. The number of hydrogen-bond donors (Lipinski definition) is 2. The molecule has 0 aliphatic carbocycles. The minimum atomic E-state index is -0.309. The third-order valence-electron chi connectivity index (χ3n) is 6.11. The molecule has 10 nitrogen and oxygen atoms in total. The van der Waals surface area contributed by atoms with Crippen LogP contribution in [0.3, 0.4) is 0 Å². The average molecular weight is 516 g/mol. The van der Waals surface area contributed by atoms with Crippen LogP contribution < -0.4 is 25.1 Å². The monoisotopic (exact) mass is 515 g/mol. The van der Waals surface area contributed by atoms with Crippen molar-refractivity contribution in [2.75, 3.05) is 64.0 Å². The summed E-state index contributed by atoms with van der Waals surface area (Å²) < 4.78 is 7.41. The molecule has 10 heteroatoms. The normalized spacial score (nSPS) is 10.9. The van der Waals surface area contributed by atoms with Gasteiger partial charge in [-0.15, -0.1) is 0 Å². The van der Waals surface area contributed by atoms with Crippen LogP contribution in [0.15, 0.2) is 67.5 Å². The van der Waals surface area contributed by atoms with Gasteiger partial charge in [0.05, 0.1) is 41.6 Å². The maximum absolute atomic E-state index is 12.2. The molecule has 0 aliphatic heterocycles. The molecular weight excluding hydrogens is 482 g/mol. The van der Waals surface area contributed by atoms with E-state index in [1.165, 1.54) is 6.08 Å². The predicted octanol–water partition coefficient (Wildman–Crippen LogP) is 4.03. The SMILES string of the molecule is C=CC(=O)Nc1cc(Nc2nccc(-c3cn(OC)c4ccccc34)n2)c(OC)cc1N(C)CCN(C)C. The van der Waals surface area contributed by atoms with Gasteiger partial charge >= 0.3 is 0 Å². The summed E-state index contributed by atoms with van der Waals surface area (Å²) in [6.45, 7) is 5.17. The van der Waals surface area contributed by atoms with E-state index in [0.717, 1.165) is 40.9 Å². The first-order valence-corrected chi connectivity index (χ1v) is 12.1. The summed E-state index contributed by atoms with van der Waals surface area (Å²) in [6, 6.07) is 13.5. The number of anilines is 4. The zero-order chi connectivity index (χ0) is 27.2. The van der Waals surface area contributed by atoms with Crippen LogP contribution in [0.25, 0.3) is 22.2 Å². The van der Waals surface area contributed by atoms with Gasteiger partial charge in [-0.05, 0) is 38.4 Å². The molecule has 2 aromatic heterocycles. The van der Waals surface area contributed by atoms with Gasteiger partial charge in [0.2, 0.25) is 11.9 Å². The second kappa shape index (κ2) is 11.7. The lowest BCUT2D eigenvalue weighted by Crippen LogP contribution is -2.29. The van der Waals surface area contributed by atoms with Gasteiger partial charge in [0, 0.05) is 43.4 Å². The fraction of sp³-hybridized carbons (Fsp3) is 0.250. The molecule has 0 atom stereocenters. The van der Waals surface area contributed by atoms with Crippen molar-refractivity contribution >= 4 is 39.8 Å². The van der Waals surface area contributed by atoms with Crippen molar-refractivity contribution in [3.8, 4) is 17.0 Å². The zero-order valence-corrected chi connectivity index (χ0v) is 22.4. The first-order chi connectivity index (χ1) is 18.3. The molecule has 2 heterocycles. The number of nitrogens with one attached hydrogen (secondary N) is 2. The highest BCUT2D eigenvalue weighted by Gasteiger charge is 2.17. The Balaban J connectivity index is 1.71. The van der Waals surface area contributed by atoms with Crippen molar-refractivity contribution in [2.24, 2.45) is 0 Å². The standard InChI is InChI=1S/C28H33N7O3/c1-7-27(36)30-22-16-23(26(37-5)17-25(22)34(4)15-14-33(2)3)32-28-29-13-12-21(31-28)20-18-35(38-6)24-11-9-8-10-19(20)24/h7-13,16-18H,1,14-15H2,2-6H3,(H,30,36)(H,29,31,32). The molecule has 2 aromatic carbocycles. The van der Waals surface area contributed by atoms with E-state index in [1.807, 2.05) is 69.8 Å². The van der Waals surface area contributed by atoms with Crippen molar-refractivity contribution in [1.29, 1.82) is 0 Å². The summed E-state index contributed by atoms with van der Waals surface area (Å²) in [5.41, 5.74) is 4.61. The lowest BCUT2D eigenvalue weighted by molar-refractivity contribution is -0.111. The Morgan fingerprint density at radius 1 is 1.11 bits per heavy atom. The molecule has 1 amide bonds. The molecular formula is C28H33N7O3. The number of aromatic nitrogens is 3. The Morgan fingerprint density at radius 2 is 1.89 bits per heavy atom. The number of para-hydroxylation sites is 1. The molecule has 0 spiro atoms. The fourth-order valence-corrected chi connectivity index (χ4v) is 4.10. The summed E-state index contributed by atoms with van der Waals surface area (Å²) in [4.78, 5) is 31.1. The summed E-state index contributed by atoms with van der Waals surface area (Å²) in [5.74, 6) is 0.652. The number of nitrogens with zero attached hydrogens (tertiary/aromatic N) is 5. The van der Waals surface area contributed by atoms with Gasteiger partial charge in [0.25, 0.3) is 0 Å². The minimum Gasteiger partial charge on any atom is -0.494 e. The first-order valence-electron chi connectivity index (χ1n) is 12.1. The Bertz CT molecular complexity index is 1450. The number of fused-ring (bicyclic) bond motifs is 1. The van der Waals surface area contributed by atoms with Crippen LogP contribution in [0.2, 0.25) is 0 Å². The van der Waals surface area contributed by atoms with Gasteiger partial charge in [0.1, 0.15) is 12.9 Å². The van der Waals surface area contributed by atoms with E-state index in [9.17, 15) is 4.79 Å². The highest BCUT2D eigenvalue weighted by atomic mass is 16.6. The average Bonchev–Trinajstić information content (AvgIpc) is 3.31. The van der Waals surface area contributed by atoms with Crippen LogP contribution >= 0.6 is 0 Å². The molecule has 4 rings (SSSR count). The van der Waals surface area contributed by atoms with Crippen LogP contribution in [0.5, 0.6) is 5.75 Å². The Labute approximate surface area is 222 Å². The van der Waals surface area contributed by atoms with Gasteiger partial charge in [-0.25, -0.2) is 9.97 Å². The smallest absolute Gasteiger partial charge is 0.247 e. The number of carbonyl (C=O) groups excluding carboxylic acids is 1. The van der Waals surface area contributed by atoms with Crippen molar-refractivity contribution in [2.45, 2.75) is 0 Å². The Hall–Kier alpha value is -4.57. The highest BCUT2D eigenvalue weighted by molar-refractivity contribution is 6.02. The zero-order valence-electron chi connectivity index (χ0n) is 22.4. The van der Waals surface area contributed by atoms with E-state index in [1.54, 1.807) is 25.1 Å². The topological polar surface area (TPSA) is 96.8 Å². The van der Waals surface area contributed by atoms with E-state index in [4.69, 9.17) is 14.6 Å². The molecule has 0 saturated carbocycles. The predicted molar refractivity (Wildman–Crippen MR) is 152 cm³/mol. The second-order valence-electron chi connectivity index (χ2n) is 8.95. The molecule has 4 aromatic rings. The number of ether oxygens (including phenoxy) is 1. The molecule has 38 heavy (non-hydrogen) atoms. The van der Waals surface area contributed by atoms with Crippen molar-refractivity contribution < 1.29 is 14.4 Å². The van der Waals surface area contributed by atoms with Gasteiger partial charge < -0.3 is 30.0 Å². The van der Waals surface area contributed by atoms with E-state index >= 15 is 0 Å². The van der Waals surface area contributed by atoms with Crippen LogP contribution in [0.1, 0.15) is 0 Å². The molecule has 0 saturated heterocycles. The fourth-order valence-electron chi connectivity index (χ4n) is 4.10. The second-order valence-corrected chi connectivity index (χ2v) is 8.95. The Morgan fingerprint density at radius 3 is 2.61 bits per heavy atom. The van der Waals surface area contributed by atoms with Gasteiger partial charge in [-0.3, -0.25) is 4.79 Å². The van der Waals surface area contributed by atoms with E-state index in [0.29, 0.717) is 23.1 Å². The number of likely N-dealkylation sites (N-methyl/N-ethyl adjacent to an activating group) is 2. The van der Waals surface area contributed by atoms with Gasteiger partial charge in [0.15, 0.2) is 0 Å². The van der Waals surface area contributed by atoms with Crippen molar-refractivity contribution in [3.63, 3.8) is 0 Å². The highest BCUT2D eigenvalue weighted by Crippen LogP contribution is 2.38. The quantitative estimate of drug-likeness (QED) is 0.289. The maximum atomic E-state index is 12.2. The molecule has 0 radical (unpaired) electrons. The number of amides is 1. The lowest BCUT2D eigenvalue weighted by atomic mass is 10.1. The van der Waals surface area contributed by atoms with Gasteiger partial charge in [-0.2, -0.15) is 4.73 Å². The van der Waals surface area contributed by atoms with E-state index < -0.39 is 0 Å².